The summed E-state index contributed by atoms with van der Waals surface area (Å²) in [5.41, 5.74) is 0. The number of ether oxygens (including phenoxy) is 1. The molecule has 0 rings (SSSR count). The van der Waals surface area contributed by atoms with E-state index in [9.17, 15) is 4.79 Å². The fourth-order valence-corrected chi connectivity index (χ4v) is 0.765. The number of hydrogen-bond acceptors (Lipinski definition) is 4. The molecule has 0 heterocycles. The molecule has 0 fully saturated rings. The van der Waals surface area contributed by atoms with Gasteiger partial charge in [0.1, 0.15) is 6.04 Å². The summed E-state index contributed by atoms with van der Waals surface area (Å²) in [4.78, 5) is 12.9. The van der Waals surface area contributed by atoms with Gasteiger partial charge in [0, 0.05) is 13.1 Å². The summed E-state index contributed by atoms with van der Waals surface area (Å²) in [5.74, 6) is -0.214. The van der Waals surface area contributed by atoms with Gasteiger partial charge in [0.15, 0.2) is 0 Å². The molecule has 0 aromatic heterocycles. The smallest absolute Gasteiger partial charge is 0.322 e. The Labute approximate surface area is 73.9 Å². The van der Waals surface area contributed by atoms with Gasteiger partial charge in [-0.05, 0) is 21.0 Å². The van der Waals surface area contributed by atoms with Gasteiger partial charge in [0.2, 0.25) is 0 Å². The van der Waals surface area contributed by atoms with E-state index in [2.05, 4.69) is 15.0 Å². The van der Waals surface area contributed by atoms with Crippen LogP contribution in [0.3, 0.4) is 0 Å². The predicted molar refractivity (Wildman–Crippen MR) is 48.0 cm³/mol. The molecule has 0 radical (unpaired) electrons. The first kappa shape index (κ1) is 11.4. The van der Waals surface area contributed by atoms with Gasteiger partial charge in [-0.2, -0.15) is 0 Å². The molecule has 0 aromatic carbocycles. The molecule has 0 amide bonds. The molecule has 0 aliphatic heterocycles. The van der Waals surface area contributed by atoms with Crippen molar-refractivity contribution in [1.29, 1.82) is 0 Å². The van der Waals surface area contributed by atoms with Crippen LogP contribution in [0.25, 0.3) is 0 Å². The topological polar surface area (TPSA) is 41.6 Å². The van der Waals surface area contributed by atoms with Crippen molar-refractivity contribution in [2.75, 3.05) is 34.3 Å². The van der Waals surface area contributed by atoms with Crippen molar-refractivity contribution in [3.05, 3.63) is 0 Å². The second-order valence-corrected chi connectivity index (χ2v) is 3.00. The summed E-state index contributed by atoms with van der Waals surface area (Å²) < 4.78 is 4.55. The van der Waals surface area contributed by atoms with Crippen LogP contribution in [0.15, 0.2) is 0 Å². The SMILES string of the molecule is COC(=O)[C@H](C)NCCN(C)C. The van der Waals surface area contributed by atoms with Gasteiger partial charge in [-0.25, -0.2) is 0 Å². The maximum absolute atomic E-state index is 10.9. The first-order valence-corrected chi connectivity index (χ1v) is 4.04. The minimum Gasteiger partial charge on any atom is -0.468 e. The Balaban J connectivity index is 3.43. The van der Waals surface area contributed by atoms with E-state index in [1.807, 2.05) is 14.1 Å². The van der Waals surface area contributed by atoms with Gasteiger partial charge in [0.25, 0.3) is 0 Å². The van der Waals surface area contributed by atoms with Crippen LogP contribution >= 0.6 is 0 Å². The summed E-state index contributed by atoms with van der Waals surface area (Å²) >= 11 is 0. The van der Waals surface area contributed by atoms with Gasteiger partial charge in [-0.3, -0.25) is 4.79 Å². The zero-order chi connectivity index (χ0) is 9.56. The van der Waals surface area contributed by atoms with E-state index in [1.54, 1.807) is 6.92 Å². The molecule has 0 unspecified atom stereocenters. The van der Waals surface area contributed by atoms with E-state index in [4.69, 9.17) is 0 Å². The molecule has 1 N–H and O–H groups in total. The van der Waals surface area contributed by atoms with Crippen LogP contribution in [0.2, 0.25) is 0 Å². The Morgan fingerprint density at radius 2 is 2.17 bits per heavy atom. The van der Waals surface area contributed by atoms with Gasteiger partial charge >= 0.3 is 5.97 Å². The molecule has 72 valence electrons. The average molecular weight is 174 g/mol. The van der Waals surface area contributed by atoms with Crippen molar-refractivity contribution in [2.24, 2.45) is 0 Å². The van der Waals surface area contributed by atoms with Crippen molar-refractivity contribution >= 4 is 5.97 Å². The second kappa shape index (κ2) is 5.97. The van der Waals surface area contributed by atoms with Gasteiger partial charge in [0.05, 0.1) is 7.11 Å². The highest BCUT2D eigenvalue weighted by molar-refractivity contribution is 5.74. The van der Waals surface area contributed by atoms with Crippen LogP contribution in [-0.2, 0) is 9.53 Å². The summed E-state index contributed by atoms with van der Waals surface area (Å²) in [6.07, 6.45) is 0. The lowest BCUT2D eigenvalue weighted by atomic mass is 10.3. The first-order chi connectivity index (χ1) is 5.57. The molecule has 0 bridgehead atoms. The minimum atomic E-state index is -0.214. The van der Waals surface area contributed by atoms with E-state index in [1.165, 1.54) is 7.11 Å². The van der Waals surface area contributed by atoms with Crippen LogP contribution in [0.5, 0.6) is 0 Å². The molecule has 0 aliphatic carbocycles. The Bertz CT molecular complexity index is 137. The summed E-state index contributed by atoms with van der Waals surface area (Å²) in [7, 11) is 5.38. The Morgan fingerprint density at radius 3 is 2.58 bits per heavy atom. The van der Waals surface area contributed by atoms with Crippen LogP contribution in [0, 0.1) is 0 Å². The Hall–Kier alpha value is -0.610. The normalized spacial score (nSPS) is 13.1. The number of methoxy groups -OCH3 is 1. The third kappa shape index (κ3) is 5.09. The molecular weight excluding hydrogens is 156 g/mol. The molecule has 0 saturated carbocycles. The molecular formula is C8H18N2O2. The van der Waals surface area contributed by atoms with Crippen LogP contribution in [-0.4, -0.2) is 51.2 Å². The van der Waals surface area contributed by atoms with E-state index in [0.717, 1.165) is 13.1 Å². The maximum Gasteiger partial charge on any atom is 0.322 e. The lowest BCUT2D eigenvalue weighted by Crippen LogP contribution is -2.38. The number of carbonyl (C=O) groups excluding carboxylic acids is 1. The van der Waals surface area contributed by atoms with E-state index in [-0.39, 0.29) is 12.0 Å². The van der Waals surface area contributed by atoms with Crippen molar-refractivity contribution in [2.45, 2.75) is 13.0 Å². The van der Waals surface area contributed by atoms with Gasteiger partial charge in [-0.1, -0.05) is 0 Å². The monoisotopic (exact) mass is 174 g/mol. The quantitative estimate of drug-likeness (QED) is 0.581. The molecule has 0 saturated heterocycles. The third-order valence-corrected chi connectivity index (χ3v) is 1.56. The average Bonchev–Trinajstić information content (AvgIpc) is 2.02. The number of carbonyl (C=O) groups is 1. The predicted octanol–water partition coefficient (Wildman–Crippen LogP) is -0.301. The van der Waals surface area contributed by atoms with Crippen molar-refractivity contribution in [3.8, 4) is 0 Å². The lowest BCUT2D eigenvalue weighted by Gasteiger charge is -2.13. The van der Waals surface area contributed by atoms with E-state index < -0.39 is 0 Å². The van der Waals surface area contributed by atoms with Crippen LogP contribution in [0.1, 0.15) is 6.92 Å². The summed E-state index contributed by atoms with van der Waals surface area (Å²) in [6.45, 7) is 3.51. The molecule has 0 aliphatic rings. The van der Waals surface area contributed by atoms with Gasteiger partial charge < -0.3 is 15.0 Å². The molecule has 1 atom stereocenters. The van der Waals surface area contributed by atoms with Crippen molar-refractivity contribution in [3.63, 3.8) is 0 Å². The van der Waals surface area contributed by atoms with E-state index >= 15 is 0 Å². The number of nitrogens with zero attached hydrogens (tertiary/aromatic N) is 1. The Morgan fingerprint density at radius 1 is 1.58 bits per heavy atom. The molecule has 0 aromatic rings. The summed E-state index contributed by atoms with van der Waals surface area (Å²) in [6, 6.07) is -0.213. The number of hydrogen-bond donors (Lipinski definition) is 1. The molecule has 4 heteroatoms. The van der Waals surface area contributed by atoms with Crippen LogP contribution in [0.4, 0.5) is 0 Å². The zero-order valence-corrected chi connectivity index (χ0v) is 8.26. The van der Waals surface area contributed by atoms with E-state index in [0.29, 0.717) is 0 Å². The van der Waals surface area contributed by atoms with Crippen molar-refractivity contribution < 1.29 is 9.53 Å². The number of esters is 1. The number of nitrogens with one attached hydrogen (secondary N) is 1. The summed E-state index contributed by atoms with van der Waals surface area (Å²) in [5, 5.41) is 3.05. The number of rotatable bonds is 5. The standard InChI is InChI=1S/C8H18N2O2/c1-7(8(11)12-4)9-5-6-10(2)3/h7,9H,5-6H2,1-4H3/t7-/m0/s1. The fraction of sp³-hybridized carbons (Fsp3) is 0.875. The minimum absolute atomic E-state index is 0.213. The highest BCUT2D eigenvalue weighted by atomic mass is 16.5. The second-order valence-electron chi connectivity index (χ2n) is 3.00. The fourth-order valence-electron chi connectivity index (χ4n) is 0.765. The molecule has 12 heavy (non-hydrogen) atoms. The van der Waals surface area contributed by atoms with Crippen molar-refractivity contribution in [1.82, 2.24) is 10.2 Å². The molecule has 0 spiro atoms. The van der Waals surface area contributed by atoms with Gasteiger partial charge in [-0.15, -0.1) is 0 Å². The largest absolute Gasteiger partial charge is 0.468 e. The highest BCUT2D eigenvalue weighted by Gasteiger charge is 2.10. The molecule has 4 nitrogen and oxygen atoms in total. The highest BCUT2D eigenvalue weighted by Crippen LogP contribution is 1.84. The first-order valence-electron chi connectivity index (χ1n) is 4.04. The lowest BCUT2D eigenvalue weighted by molar-refractivity contribution is -0.142. The number of likely N-dealkylation sites (N-methyl/N-ethyl adjacent to an activating group) is 1. The maximum atomic E-state index is 10.9. The third-order valence-electron chi connectivity index (χ3n) is 1.56. The Kier molecular flexibility index (Phi) is 5.66. The zero-order valence-electron chi connectivity index (χ0n) is 8.26. The van der Waals surface area contributed by atoms with Crippen LogP contribution < -0.4 is 5.32 Å².